The Labute approximate surface area is 112 Å². The molecule has 0 radical (unpaired) electrons. The molecule has 2 aromatic rings. The lowest BCUT2D eigenvalue weighted by Gasteiger charge is -2.24. The van der Waals surface area contributed by atoms with Gasteiger partial charge in [-0.05, 0) is 47.9 Å². The van der Waals surface area contributed by atoms with E-state index < -0.39 is 0 Å². The highest BCUT2D eigenvalue weighted by Gasteiger charge is 2.30. The van der Waals surface area contributed by atoms with E-state index in [4.69, 9.17) is 5.84 Å². The molecule has 1 aliphatic carbocycles. The minimum absolute atomic E-state index is 0.236. The number of fused-ring (bicyclic) bond motifs is 1. The van der Waals surface area contributed by atoms with Crippen LogP contribution in [0.5, 0.6) is 0 Å². The van der Waals surface area contributed by atoms with Gasteiger partial charge in [-0.25, -0.2) is 0 Å². The van der Waals surface area contributed by atoms with Gasteiger partial charge in [0.25, 0.3) is 0 Å². The Kier molecular flexibility index (Phi) is 3.20. The number of thiophene rings is 1. The van der Waals surface area contributed by atoms with E-state index in [0.29, 0.717) is 5.92 Å². The molecule has 2 unspecified atom stereocenters. The zero-order chi connectivity index (χ0) is 12.5. The Morgan fingerprint density at radius 1 is 1.33 bits per heavy atom. The van der Waals surface area contributed by atoms with Gasteiger partial charge < -0.3 is 0 Å². The van der Waals surface area contributed by atoms with Gasteiger partial charge in [0, 0.05) is 10.8 Å². The van der Waals surface area contributed by atoms with Crippen molar-refractivity contribution in [1.29, 1.82) is 0 Å². The molecule has 0 amide bonds. The summed E-state index contributed by atoms with van der Waals surface area (Å²) in [6.07, 6.45) is 2.35. The molecule has 0 saturated heterocycles. The second kappa shape index (κ2) is 4.84. The minimum atomic E-state index is 0.236. The largest absolute Gasteiger partial charge is 0.271 e. The Morgan fingerprint density at radius 3 is 2.89 bits per heavy atom. The molecule has 3 N–H and O–H groups in total. The van der Waals surface area contributed by atoms with Crippen LogP contribution < -0.4 is 11.3 Å². The van der Waals surface area contributed by atoms with Crippen molar-refractivity contribution < 1.29 is 0 Å². The van der Waals surface area contributed by atoms with Gasteiger partial charge in [0.15, 0.2) is 0 Å². The van der Waals surface area contributed by atoms with E-state index in [2.05, 4.69) is 48.1 Å². The molecule has 1 aromatic heterocycles. The molecule has 3 heteroatoms. The second-order valence-corrected chi connectivity index (χ2v) is 6.04. The first-order valence-electron chi connectivity index (χ1n) is 6.39. The van der Waals surface area contributed by atoms with Crippen molar-refractivity contribution in [3.05, 3.63) is 57.3 Å². The fraction of sp³-hybridized carbons (Fsp3) is 0.333. The van der Waals surface area contributed by atoms with Gasteiger partial charge in [0.05, 0.1) is 6.04 Å². The molecule has 0 bridgehead atoms. The Balaban J connectivity index is 1.98. The number of hydrogen-bond acceptors (Lipinski definition) is 3. The molecule has 1 aliphatic rings. The average molecular weight is 258 g/mol. The van der Waals surface area contributed by atoms with Crippen LogP contribution in [0.3, 0.4) is 0 Å². The molecule has 18 heavy (non-hydrogen) atoms. The smallest absolute Gasteiger partial charge is 0.0539 e. The quantitative estimate of drug-likeness (QED) is 0.655. The Morgan fingerprint density at radius 2 is 2.17 bits per heavy atom. The van der Waals surface area contributed by atoms with Crippen LogP contribution in [0, 0.1) is 6.92 Å². The molecule has 3 rings (SSSR count). The van der Waals surface area contributed by atoms with Crippen molar-refractivity contribution in [2.45, 2.75) is 31.7 Å². The fourth-order valence-corrected chi connectivity index (χ4v) is 3.83. The van der Waals surface area contributed by atoms with Gasteiger partial charge in [-0.15, -0.1) is 11.3 Å². The molecule has 0 aliphatic heterocycles. The zero-order valence-corrected chi connectivity index (χ0v) is 11.3. The van der Waals surface area contributed by atoms with Gasteiger partial charge in [-0.2, -0.15) is 0 Å². The van der Waals surface area contributed by atoms with E-state index in [1.54, 1.807) is 11.3 Å². The third-order valence-corrected chi connectivity index (χ3v) is 4.86. The minimum Gasteiger partial charge on any atom is -0.271 e. The summed E-state index contributed by atoms with van der Waals surface area (Å²) in [6.45, 7) is 2.17. The van der Waals surface area contributed by atoms with E-state index in [1.807, 2.05) is 0 Å². The van der Waals surface area contributed by atoms with E-state index in [1.165, 1.54) is 34.4 Å². The zero-order valence-electron chi connectivity index (χ0n) is 10.5. The molecule has 2 atom stereocenters. The predicted octanol–water partition coefficient (Wildman–Crippen LogP) is 3.29. The highest BCUT2D eigenvalue weighted by molar-refractivity contribution is 7.10. The monoisotopic (exact) mass is 258 g/mol. The van der Waals surface area contributed by atoms with E-state index in [0.717, 1.165) is 0 Å². The lowest BCUT2D eigenvalue weighted by Crippen LogP contribution is -2.32. The molecule has 2 nitrogen and oxygen atoms in total. The lowest BCUT2D eigenvalue weighted by atomic mass is 9.89. The Bertz CT molecular complexity index is 547. The van der Waals surface area contributed by atoms with Crippen molar-refractivity contribution in [2.75, 3.05) is 0 Å². The van der Waals surface area contributed by atoms with E-state index in [9.17, 15) is 0 Å². The first-order chi connectivity index (χ1) is 8.81. The van der Waals surface area contributed by atoms with E-state index in [-0.39, 0.29) is 6.04 Å². The highest BCUT2D eigenvalue weighted by Crippen LogP contribution is 2.42. The van der Waals surface area contributed by atoms with E-state index >= 15 is 0 Å². The topological polar surface area (TPSA) is 38.0 Å². The summed E-state index contributed by atoms with van der Waals surface area (Å²) < 4.78 is 0. The standard InChI is InChI=1S/C15H18N2S/c1-10-12(8-9-18-10)15(17-16)14-7-6-11-4-2-3-5-13(11)14/h2-5,8-9,14-15,17H,6-7,16H2,1H3. The van der Waals surface area contributed by atoms with Gasteiger partial charge in [-0.3, -0.25) is 11.3 Å². The maximum absolute atomic E-state index is 5.82. The van der Waals surface area contributed by atoms with Crippen molar-refractivity contribution >= 4 is 11.3 Å². The van der Waals surface area contributed by atoms with Gasteiger partial charge in [0.2, 0.25) is 0 Å². The van der Waals surface area contributed by atoms with Gasteiger partial charge in [-0.1, -0.05) is 24.3 Å². The SMILES string of the molecule is Cc1sccc1C(NN)C1CCc2ccccc21. The number of benzene rings is 1. The molecule has 0 saturated carbocycles. The summed E-state index contributed by atoms with van der Waals surface area (Å²) in [6, 6.07) is 11.2. The summed E-state index contributed by atoms with van der Waals surface area (Å²) in [5, 5.41) is 2.15. The number of hydrogen-bond donors (Lipinski definition) is 2. The summed E-state index contributed by atoms with van der Waals surface area (Å²) in [5.74, 6) is 6.32. The predicted molar refractivity (Wildman–Crippen MR) is 76.6 cm³/mol. The van der Waals surface area contributed by atoms with Gasteiger partial charge >= 0.3 is 0 Å². The van der Waals surface area contributed by atoms with Crippen molar-refractivity contribution in [3.63, 3.8) is 0 Å². The van der Waals surface area contributed by atoms with Crippen LogP contribution in [0.25, 0.3) is 0 Å². The Hall–Kier alpha value is -1.16. The maximum Gasteiger partial charge on any atom is 0.0539 e. The molecule has 0 fully saturated rings. The van der Waals surface area contributed by atoms with Crippen molar-refractivity contribution in [2.24, 2.45) is 5.84 Å². The number of rotatable bonds is 3. The third-order valence-electron chi connectivity index (χ3n) is 4.00. The number of nitrogens with one attached hydrogen (secondary N) is 1. The average Bonchev–Trinajstić information content (AvgIpc) is 2.99. The molecule has 94 valence electrons. The second-order valence-electron chi connectivity index (χ2n) is 4.92. The normalized spacial score (nSPS) is 19.8. The van der Waals surface area contributed by atoms with Crippen LogP contribution in [-0.2, 0) is 6.42 Å². The molecule has 1 aromatic carbocycles. The van der Waals surface area contributed by atoms with Crippen LogP contribution in [0.1, 0.15) is 39.9 Å². The van der Waals surface area contributed by atoms with Crippen LogP contribution in [-0.4, -0.2) is 0 Å². The van der Waals surface area contributed by atoms with Crippen molar-refractivity contribution in [1.82, 2.24) is 5.43 Å². The fourth-order valence-electron chi connectivity index (χ4n) is 3.08. The van der Waals surface area contributed by atoms with Crippen LogP contribution >= 0.6 is 11.3 Å². The van der Waals surface area contributed by atoms with Crippen molar-refractivity contribution in [3.8, 4) is 0 Å². The van der Waals surface area contributed by atoms with Crippen LogP contribution in [0.2, 0.25) is 0 Å². The first kappa shape index (κ1) is 11.9. The number of hydrazine groups is 1. The molecular weight excluding hydrogens is 240 g/mol. The summed E-state index contributed by atoms with van der Waals surface area (Å²) in [5.41, 5.74) is 7.33. The highest BCUT2D eigenvalue weighted by atomic mass is 32.1. The maximum atomic E-state index is 5.82. The lowest BCUT2D eigenvalue weighted by molar-refractivity contribution is 0.452. The molecule has 0 spiro atoms. The summed E-state index contributed by atoms with van der Waals surface area (Å²) >= 11 is 1.79. The van der Waals surface area contributed by atoms with Gasteiger partial charge in [0.1, 0.15) is 0 Å². The summed E-state index contributed by atoms with van der Waals surface area (Å²) in [7, 11) is 0. The molecular formula is C15H18N2S. The van der Waals surface area contributed by atoms with Crippen LogP contribution in [0.15, 0.2) is 35.7 Å². The number of aryl methyl sites for hydroxylation is 2. The first-order valence-corrected chi connectivity index (χ1v) is 7.27. The third kappa shape index (κ3) is 1.88. The van der Waals surface area contributed by atoms with Crippen LogP contribution in [0.4, 0.5) is 0 Å². The summed E-state index contributed by atoms with van der Waals surface area (Å²) in [4.78, 5) is 1.36. The molecule has 1 heterocycles. The number of nitrogens with two attached hydrogens (primary N) is 1.